The summed E-state index contributed by atoms with van der Waals surface area (Å²) in [7, 11) is -1.41. The number of amides is 1. The van der Waals surface area contributed by atoms with E-state index in [4.69, 9.17) is 0 Å². The fourth-order valence-electron chi connectivity index (χ4n) is 3.27. The van der Waals surface area contributed by atoms with Crippen molar-refractivity contribution >= 4 is 33.8 Å². The van der Waals surface area contributed by atoms with Crippen LogP contribution in [0.25, 0.3) is 0 Å². The fraction of sp³-hybridized carbons (Fsp3) is 0.611. The zero-order valence-corrected chi connectivity index (χ0v) is 17.3. The molecule has 1 aliphatic heterocycles. The number of halogens is 1. The van der Waals surface area contributed by atoms with Gasteiger partial charge in [-0.1, -0.05) is 12.1 Å². The second-order valence-corrected chi connectivity index (χ2v) is 8.79. The molecule has 1 heterocycles. The van der Waals surface area contributed by atoms with E-state index in [0.29, 0.717) is 11.6 Å². The smallest absolute Gasteiger partial charge is 0.241 e. The number of benzene rings is 1. The highest BCUT2D eigenvalue weighted by molar-refractivity contribution is 7.90. The van der Waals surface area contributed by atoms with Crippen LogP contribution in [0, 0.1) is 5.92 Å². The van der Waals surface area contributed by atoms with Crippen molar-refractivity contribution in [1.29, 1.82) is 0 Å². The molecule has 1 aromatic rings. The Labute approximate surface area is 163 Å². The van der Waals surface area contributed by atoms with Crippen molar-refractivity contribution in [2.45, 2.75) is 37.1 Å². The molecule has 0 aliphatic carbocycles. The number of carbonyl (C=O) groups is 1. The van der Waals surface area contributed by atoms with Crippen molar-refractivity contribution in [1.82, 2.24) is 10.2 Å². The molecular weight excluding hydrogens is 374 g/mol. The molecule has 1 saturated heterocycles. The SMILES string of the molecule is CNCCC1CCN(C(C)C(=O)Nc2ccccc2S(C)(=O)=O)CC1.Cl. The van der Waals surface area contributed by atoms with Crippen molar-refractivity contribution < 1.29 is 13.2 Å². The standard InChI is InChI=1S/C18H29N3O3S.ClH/c1-14(21-12-9-15(10-13-21)8-11-19-2)18(22)20-16-6-4-5-7-17(16)25(3,23)24;/h4-7,14-15,19H,8-13H2,1-3H3,(H,20,22);1H. The molecule has 8 heteroatoms. The molecule has 1 aromatic carbocycles. The molecule has 0 radical (unpaired) electrons. The van der Waals surface area contributed by atoms with Gasteiger partial charge in [0.1, 0.15) is 0 Å². The van der Waals surface area contributed by atoms with Crippen LogP contribution >= 0.6 is 12.4 Å². The van der Waals surface area contributed by atoms with E-state index in [-0.39, 0.29) is 29.3 Å². The first-order valence-electron chi connectivity index (χ1n) is 8.81. The van der Waals surface area contributed by atoms with Crippen molar-refractivity contribution in [3.8, 4) is 0 Å². The minimum Gasteiger partial charge on any atom is -0.324 e. The van der Waals surface area contributed by atoms with Gasteiger partial charge in [-0.15, -0.1) is 12.4 Å². The molecule has 1 amide bonds. The third-order valence-corrected chi connectivity index (χ3v) is 6.08. The first-order chi connectivity index (χ1) is 11.8. The number of sulfone groups is 1. The quantitative estimate of drug-likeness (QED) is 0.729. The highest BCUT2D eigenvalue weighted by atomic mass is 35.5. The Kier molecular flexibility index (Phi) is 9.03. The normalized spacial score (nSPS) is 17.3. The molecule has 1 fully saturated rings. The monoisotopic (exact) mass is 403 g/mol. The second kappa shape index (κ2) is 10.3. The summed E-state index contributed by atoms with van der Waals surface area (Å²) in [6.07, 6.45) is 4.52. The number of para-hydroxylation sites is 1. The summed E-state index contributed by atoms with van der Waals surface area (Å²) >= 11 is 0. The molecule has 148 valence electrons. The van der Waals surface area contributed by atoms with Gasteiger partial charge in [-0.3, -0.25) is 9.69 Å². The summed E-state index contributed by atoms with van der Waals surface area (Å²) < 4.78 is 23.7. The average molecular weight is 404 g/mol. The number of nitrogens with one attached hydrogen (secondary N) is 2. The molecule has 1 aliphatic rings. The molecule has 0 spiro atoms. The summed E-state index contributed by atoms with van der Waals surface area (Å²) in [6, 6.07) is 6.25. The van der Waals surface area contributed by atoms with Crippen molar-refractivity contribution in [2.24, 2.45) is 5.92 Å². The Hall–Kier alpha value is -1.15. The number of rotatable bonds is 7. The summed E-state index contributed by atoms with van der Waals surface area (Å²) in [5, 5.41) is 5.97. The number of nitrogens with zero attached hydrogens (tertiary/aromatic N) is 1. The third kappa shape index (κ3) is 6.23. The van der Waals surface area contributed by atoms with Gasteiger partial charge in [0.05, 0.1) is 16.6 Å². The fourth-order valence-corrected chi connectivity index (χ4v) is 4.12. The number of hydrogen-bond donors (Lipinski definition) is 2. The first kappa shape index (κ1) is 22.9. The van der Waals surface area contributed by atoms with E-state index in [1.54, 1.807) is 18.2 Å². The molecule has 1 atom stereocenters. The molecule has 2 N–H and O–H groups in total. The van der Waals surface area contributed by atoms with Crippen LogP contribution in [-0.2, 0) is 14.6 Å². The largest absolute Gasteiger partial charge is 0.324 e. The Morgan fingerprint density at radius 3 is 2.46 bits per heavy atom. The summed E-state index contributed by atoms with van der Waals surface area (Å²) in [4.78, 5) is 14.9. The van der Waals surface area contributed by atoms with E-state index >= 15 is 0 Å². The van der Waals surface area contributed by atoms with Crippen LogP contribution < -0.4 is 10.6 Å². The molecule has 6 nitrogen and oxygen atoms in total. The number of likely N-dealkylation sites (tertiary alicyclic amines) is 1. The van der Waals surface area contributed by atoms with Crippen LogP contribution in [0.3, 0.4) is 0 Å². The predicted octanol–water partition coefficient (Wildman–Crippen LogP) is 2.16. The van der Waals surface area contributed by atoms with E-state index in [9.17, 15) is 13.2 Å². The van der Waals surface area contributed by atoms with Gasteiger partial charge in [0.15, 0.2) is 9.84 Å². The summed E-state index contributed by atoms with van der Waals surface area (Å²) in [5.41, 5.74) is 0.353. The predicted molar refractivity (Wildman–Crippen MR) is 108 cm³/mol. The second-order valence-electron chi connectivity index (χ2n) is 6.81. The maximum absolute atomic E-state index is 12.6. The van der Waals surface area contributed by atoms with E-state index in [0.717, 1.165) is 38.7 Å². The lowest BCUT2D eigenvalue weighted by Gasteiger charge is -2.35. The van der Waals surface area contributed by atoms with Crippen LogP contribution in [0.15, 0.2) is 29.2 Å². The van der Waals surface area contributed by atoms with Crippen molar-refractivity contribution in [3.63, 3.8) is 0 Å². The van der Waals surface area contributed by atoms with Gasteiger partial charge in [0.25, 0.3) is 0 Å². The number of piperidine rings is 1. The van der Waals surface area contributed by atoms with Crippen LogP contribution in [0.5, 0.6) is 0 Å². The minimum atomic E-state index is -3.38. The number of anilines is 1. The van der Waals surface area contributed by atoms with Gasteiger partial charge in [0.2, 0.25) is 5.91 Å². The molecule has 26 heavy (non-hydrogen) atoms. The van der Waals surface area contributed by atoms with Gasteiger partial charge in [0, 0.05) is 6.26 Å². The third-order valence-electron chi connectivity index (χ3n) is 4.92. The minimum absolute atomic E-state index is 0. The van der Waals surface area contributed by atoms with Crippen LogP contribution in [0.1, 0.15) is 26.2 Å². The summed E-state index contributed by atoms with van der Waals surface area (Å²) in [5.74, 6) is 0.551. The van der Waals surface area contributed by atoms with Crippen LogP contribution in [0.2, 0.25) is 0 Å². The van der Waals surface area contributed by atoms with Gasteiger partial charge in [-0.25, -0.2) is 8.42 Å². The van der Waals surface area contributed by atoms with Gasteiger partial charge in [-0.05, 0) is 70.9 Å². The van der Waals surface area contributed by atoms with E-state index in [1.165, 1.54) is 12.5 Å². The molecular formula is C18H30ClN3O3S. The molecule has 0 aromatic heterocycles. The molecule has 0 bridgehead atoms. The van der Waals surface area contributed by atoms with Gasteiger partial charge < -0.3 is 10.6 Å². The number of hydrogen-bond acceptors (Lipinski definition) is 5. The number of carbonyl (C=O) groups excluding carboxylic acids is 1. The molecule has 0 saturated carbocycles. The van der Waals surface area contributed by atoms with Crippen LogP contribution in [0.4, 0.5) is 5.69 Å². The van der Waals surface area contributed by atoms with Crippen LogP contribution in [-0.4, -0.2) is 58.2 Å². The maximum atomic E-state index is 12.6. The topological polar surface area (TPSA) is 78.5 Å². The average Bonchev–Trinajstić information content (AvgIpc) is 2.59. The lowest BCUT2D eigenvalue weighted by molar-refractivity contribution is -0.121. The zero-order valence-electron chi connectivity index (χ0n) is 15.7. The highest BCUT2D eigenvalue weighted by Gasteiger charge is 2.27. The Morgan fingerprint density at radius 2 is 1.88 bits per heavy atom. The first-order valence-corrected chi connectivity index (χ1v) is 10.7. The highest BCUT2D eigenvalue weighted by Crippen LogP contribution is 2.24. The maximum Gasteiger partial charge on any atom is 0.241 e. The lowest BCUT2D eigenvalue weighted by atomic mass is 9.93. The Balaban J connectivity index is 0.00000338. The van der Waals surface area contributed by atoms with E-state index in [1.807, 2.05) is 14.0 Å². The zero-order chi connectivity index (χ0) is 18.4. The molecule has 1 unspecified atom stereocenters. The van der Waals surface area contributed by atoms with Crippen molar-refractivity contribution in [2.75, 3.05) is 38.3 Å². The Morgan fingerprint density at radius 1 is 1.27 bits per heavy atom. The Bertz CT molecular complexity index is 689. The van der Waals surface area contributed by atoms with Gasteiger partial charge >= 0.3 is 0 Å². The van der Waals surface area contributed by atoms with Crippen molar-refractivity contribution in [3.05, 3.63) is 24.3 Å². The van der Waals surface area contributed by atoms with Gasteiger partial charge in [-0.2, -0.15) is 0 Å². The van der Waals surface area contributed by atoms with E-state index < -0.39 is 9.84 Å². The lowest BCUT2D eigenvalue weighted by Crippen LogP contribution is -2.46. The molecule has 2 rings (SSSR count). The van der Waals surface area contributed by atoms with E-state index in [2.05, 4.69) is 15.5 Å². The summed E-state index contributed by atoms with van der Waals surface area (Å²) in [6.45, 7) is 4.71.